The maximum atomic E-state index is 14.6. The highest BCUT2D eigenvalue weighted by Crippen LogP contribution is 2.42. The molecule has 7 rings (SSSR count). The van der Waals surface area contributed by atoms with Crippen molar-refractivity contribution >= 4 is 94.2 Å². The Balaban J connectivity index is 0.955. The lowest BCUT2D eigenvalue weighted by atomic mass is 9.91. The number of rotatable bonds is 30. The van der Waals surface area contributed by atoms with Crippen LogP contribution >= 0.6 is 39.1 Å². The van der Waals surface area contributed by atoms with Gasteiger partial charge in [-0.2, -0.15) is 0 Å². The third-order valence-corrected chi connectivity index (χ3v) is 19.0. The van der Waals surface area contributed by atoms with Crippen molar-refractivity contribution in [1.29, 1.82) is 0 Å². The molecule has 1 unspecified atom stereocenters. The van der Waals surface area contributed by atoms with Gasteiger partial charge in [0.25, 0.3) is 31.9 Å². The molecule has 3 amide bonds. The Morgan fingerprint density at radius 3 is 1.98 bits per heavy atom. The standard InChI is InChI=1S/C64H74BrCl2N5O16S2/c1-10-49(42-30-57(83-7)61(85-9)58(31-42)84-8)62(75)72-26-13-12-17-52(72)63(76)88-53(24-18-40-19-25-54(81-5)56(28-40)82-6)41-15-14-16-46(29-41)86-36-59(73)68-38-64(4,11-2)69-60(74)37-87-55-27-39(3)51(35-50(55)65)71-89(77,78)47-22-20-45(21-23-47)70-90(79,80)48-33-43(66)32-44(67)34-48/h14-16,19-23,25,27-35,49,52-53,70-71H,10-13,17-18,24,26,36-38H2,1-9H3,(H,68,73)(H,69,74)/t49-,52-,53+,64?/m0/s1. The maximum absolute atomic E-state index is 14.6. The van der Waals surface area contributed by atoms with Crippen LogP contribution in [-0.2, 0) is 50.4 Å². The van der Waals surface area contributed by atoms with Crippen LogP contribution in [0.5, 0.6) is 40.2 Å². The number of halogens is 3. The van der Waals surface area contributed by atoms with Crippen molar-refractivity contribution in [3.05, 3.63) is 146 Å². The van der Waals surface area contributed by atoms with Crippen LogP contribution in [0.4, 0.5) is 11.4 Å². The van der Waals surface area contributed by atoms with Crippen molar-refractivity contribution in [2.45, 2.75) is 106 Å². The van der Waals surface area contributed by atoms with Gasteiger partial charge in [0, 0.05) is 28.8 Å². The lowest BCUT2D eigenvalue weighted by molar-refractivity contribution is -0.162. The van der Waals surface area contributed by atoms with Crippen LogP contribution in [0.15, 0.2) is 123 Å². The molecule has 6 aromatic rings. The van der Waals surface area contributed by atoms with E-state index in [0.717, 1.165) is 5.56 Å². The number of esters is 1. The van der Waals surface area contributed by atoms with Crippen LogP contribution < -0.4 is 53.2 Å². The van der Waals surface area contributed by atoms with Crippen LogP contribution in [0.25, 0.3) is 0 Å². The number of anilines is 2. The SMILES string of the molecule is CC[C@H](C(=O)N1CCCC[C@H]1C(=O)O[C@H](CCc1ccc(OC)c(OC)c1)c1cccc(OCC(=O)NCC(C)(CC)NC(=O)COc2cc(C)c(NS(=O)(=O)c3ccc(NS(=O)(=O)c4cc(Cl)cc(Cl)c4)cc3)cc2Br)c1)c1cc(OC)c(OC)c(OC)c1. The maximum Gasteiger partial charge on any atom is 0.329 e. The fraction of sp³-hybridized carbons (Fsp3) is 0.375. The molecule has 90 heavy (non-hydrogen) atoms. The van der Waals surface area contributed by atoms with Gasteiger partial charge in [-0.15, -0.1) is 0 Å². The second-order valence-corrected chi connectivity index (χ2v) is 26.5. The van der Waals surface area contributed by atoms with Crippen molar-refractivity contribution in [3.8, 4) is 40.2 Å². The first-order valence-electron chi connectivity index (χ1n) is 28.7. The van der Waals surface area contributed by atoms with Crippen molar-refractivity contribution in [3.63, 3.8) is 0 Å². The molecule has 0 saturated carbocycles. The molecular weight excluding hydrogens is 1310 g/mol. The molecule has 484 valence electrons. The van der Waals surface area contributed by atoms with E-state index in [2.05, 4.69) is 36.0 Å². The highest BCUT2D eigenvalue weighted by molar-refractivity contribution is 9.10. The van der Waals surface area contributed by atoms with E-state index in [1.165, 1.54) is 69.9 Å². The molecule has 1 aliphatic rings. The predicted octanol–water partition coefficient (Wildman–Crippen LogP) is 11.4. The van der Waals surface area contributed by atoms with E-state index >= 15 is 0 Å². The molecule has 21 nitrogen and oxygen atoms in total. The summed E-state index contributed by atoms with van der Waals surface area (Å²) in [4.78, 5) is 57.3. The van der Waals surface area contributed by atoms with Crippen molar-refractivity contribution in [1.82, 2.24) is 15.5 Å². The zero-order chi connectivity index (χ0) is 65.5. The van der Waals surface area contributed by atoms with E-state index in [0.29, 0.717) is 107 Å². The number of benzene rings is 6. The average molecular weight is 1380 g/mol. The second kappa shape index (κ2) is 31.4. The third-order valence-electron chi connectivity index (χ3n) is 15.2. The third kappa shape index (κ3) is 18.1. The summed E-state index contributed by atoms with van der Waals surface area (Å²) in [6.45, 7) is 6.74. The molecule has 0 aromatic heterocycles. The van der Waals surface area contributed by atoms with E-state index in [1.807, 2.05) is 32.0 Å². The first-order valence-corrected chi connectivity index (χ1v) is 33.3. The summed E-state index contributed by atoms with van der Waals surface area (Å²) in [6.07, 6.45) is 2.63. The van der Waals surface area contributed by atoms with E-state index in [4.69, 9.17) is 61.1 Å². The zero-order valence-electron chi connectivity index (χ0n) is 51.3. The predicted molar refractivity (Wildman–Crippen MR) is 346 cm³/mol. The average Bonchev–Trinajstić information content (AvgIpc) is 0.911. The number of carbonyl (C=O) groups is 4. The number of carbonyl (C=O) groups excluding carboxylic acids is 4. The lowest BCUT2D eigenvalue weighted by Crippen LogP contribution is -2.54. The lowest BCUT2D eigenvalue weighted by Gasteiger charge is -2.37. The number of likely N-dealkylation sites (tertiary alicyclic amines) is 1. The molecule has 0 aliphatic carbocycles. The van der Waals surface area contributed by atoms with Crippen molar-refractivity contribution in [2.24, 2.45) is 0 Å². The quantitative estimate of drug-likeness (QED) is 0.0306. The molecular formula is C64H74BrCl2N5O16S2. The van der Waals surface area contributed by atoms with Gasteiger partial charge in [-0.3, -0.25) is 23.8 Å². The molecule has 4 atom stereocenters. The van der Waals surface area contributed by atoms with Gasteiger partial charge in [-0.25, -0.2) is 21.6 Å². The summed E-state index contributed by atoms with van der Waals surface area (Å²) >= 11 is 15.4. The summed E-state index contributed by atoms with van der Waals surface area (Å²) < 4.78 is 104. The van der Waals surface area contributed by atoms with Crippen LogP contribution in [-0.4, -0.2) is 119 Å². The normalized spacial score (nSPS) is 14.6. The van der Waals surface area contributed by atoms with Gasteiger partial charge in [0.15, 0.2) is 36.2 Å². The van der Waals surface area contributed by atoms with E-state index in [9.17, 15) is 36.0 Å². The summed E-state index contributed by atoms with van der Waals surface area (Å²) in [6, 6.07) is 27.1. The van der Waals surface area contributed by atoms with Crippen LogP contribution in [0.3, 0.4) is 0 Å². The monoisotopic (exact) mass is 1380 g/mol. The Bertz CT molecular complexity index is 3740. The largest absolute Gasteiger partial charge is 0.493 e. The van der Waals surface area contributed by atoms with Gasteiger partial charge in [-0.1, -0.05) is 55.2 Å². The van der Waals surface area contributed by atoms with Crippen molar-refractivity contribution in [2.75, 3.05) is 71.3 Å². The molecule has 6 aromatic carbocycles. The number of aryl methyl sites for hydroxylation is 2. The molecule has 1 fully saturated rings. The van der Waals surface area contributed by atoms with Gasteiger partial charge < -0.3 is 53.4 Å². The molecule has 1 saturated heterocycles. The number of hydrogen-bond donors (Lipinski definition) is 4. The number of piperidine rings is 1. The Labute approximate surface area is 543 Å². The summed E-state index contributed by atoms with van der Waals surface area (Å²) in [5, 5.41) is 6.03. The highest BCUT2D eigenvalue weighted by Gasteiger charge is 2.38. The van der Waals surface area contributed by atoms with Crippen LogP contribution in [0.2, 0.25) is 10.0 Å². The van der Waals surface area contributed by atoms with Gasteiger partial charge >= 0.3 is 5.97 Å². The zero-order valence-corrected chi connectivity index (χ0v) is 56.1. The number of amides is 3. The smallest absolute Gasteiger partial charge is 0.329 e. The van der Waals surface area contributed by atoms with E-state index in [1.54, 1.807) is 75.4 Å². The first kappa shape index (κ1) is 69.8. The Morgan fingerprint density at radius 2 is 1.34 bits per heavy atom. The minimum absolute atomic E-state index is 0.0299. The fourth-order valence-corrected chi connectivity index (χ4v) is 13.5. The number of hydrogen-bond acceptors (Lipinski definition) is 16. The molecule has 1 heterocycles. The molecule has 4 N–H and O–H groups in total. The molecule has 0 bridgehead atoms. The summed E-state index contributed by atoms with van der Waals surface area (Å²) in [7, 11) is -0.639. The topological polar surface area (TPSA) is 262 Å². The van der Waals surface area contributed by atoms with Gasteiger partial charge in [0.05, 0.1) is 67.0 Å². The highest BCUT2D eigenvalue weighted by atomic mass is 79.9. The summed E-state index contributed by atoms with van der Waals surface area (Å²) in [5.41, 5.74) is 1.98. The first-order chi connectivity index (χ1) is 42.9. The molecule has 26 heteroatoms. The Kier molecular flexibility index (Phi) is 24.4. The van der Waals surface area contributed by atoms with Crippen molar-refractivity contribution < 1.29 is 73.9 Å². The minimum atomic E-state index is -4.17. The Hall–Kier alpha value is -7.64. The van der Waals surface area contributed by atoms with E-state index in [-0.39, 0.29) is 49.4 Å². The molecule has 1 aliphatic heterocycles. The van der Waals surface area contributed by atoms with Gasteiger partial charge in [-0.05, 0) is 188 Å². The Morgan fingerprint density at radius 1 is 0.689 bits per heavy atom. The van der Waals surface area contributed by atoms with Gasteiger partial charge in [0.2, 0.25) is 11.7 Å². The number of nitrogens with one attached hydrogen (secondary N) is 4. The van der Waals surface area contributed by atoms with E-state index < -0.39 is 74.6 Å². The van der Waals surface area contributed by atoms with Gasteiger partial charge in [0.1, 0.15) is 23.6 Å². The number of nitrogens with zero attached hydrogens (tertiary/aromatic N) is 1. The molecule has 0 spiro atoms. The summed E-state index contributed by atoms with van der Waals surface area (Å²) in [5.74, 6) is 0.504. The second-order valence-electron chi connectivity index (χ2n) is 21.4. The molecule has 0 radical (unpaired) electrons. The minimum Gasteiger partial charge on any atom is -0.493 e. The fourth-order valence-electron chi connectivity index (χ4n) is 10.1. The number of methoxy groups -OCH3 is 5. The van der Waals surface area contributed by atoms with Crippen LogP contribution in [0.1, 0.15) is 93.6 Å². The number of ether oxygens (including phenoxy) is 8. The van der Waals surface area contributed by atoms with Crippen LogP contribution in [0, 0.1) is 6.92 Å². The number of sulfonamides is 2.